The van der Waals surface area contributed by atoms with E-state index in [0.29, 0.717) is 18.2 Å². The fourth-order valence-electron chi connectivity index (χ4n) is 0.801. The highest BCUT2D eigenvalue weighted by atomic mass is 16.5. The lowest BCUT2D eigenvalue weighted by Gasteiger charge is -1.99. The summed E-state index contributed by atoms with van der Waals surface area (Å²) in [6.45, 7) is 5.01. The summed E-state index contributed by atoms with van der Waals surface area (Å²) in [5.41, 5.74) is 0.696. The molecule has 0 spiro atoms. The van der Waals surface area contributed by atoms with Gasteiger partial charge >= 0.3 is 5.97 Å². The van der Waals surface area contributed by atoms with Gasteiger partial charge in [-0.15, -0.1) is 0 Å². The highest BCUT2D eigenvalue weighted by Gasteiger charge is 2.18. The van der Waals surface area contributed by atoms with E-state index in [1.54, 1.807) is 13.8 Å². The molecule has 0 aromatic carbocycles. The molecule has 0 amide bonds. The van der Waals surface area contributed by atoms with Crippen LogP contribution in [0.1, 0.15) is 13.8 Å². The van der Waals surface area contributed by atoms with Gasteiger partial charge in [-0.1, -0.05) is 6.08 Å². The summed E-state index contributed by atoms with van der Waals surface area (Å²) in [6.07, 6.45) is 1.90. The number of carbonyl (C=O) groups is 1. The molecule has 1 atom stereocenters. The van der Waals surface area contributed by atoms with Crippen molar-refractivity contribution in [1.29, 1.82) is 0 Å². The van der Waals surface area contributed by atoms with E-state index in [-0.39, 0.29) is 5.97 Å². The fraction of sp³-hybridized carbons (Fsp3) is 0.625. The summed E-state index contributed by atoms with van der Waals surface area (Å²) in [7, 11) is 0. The van der Waals surface area contributed by atoms with Gasteiger partial charge in [-0.3, -0.25) is 0 Å². The van der Waals surface area contributed by atoms with Gasteiger partial charge in [0.2, 0.25) is 0 Å². The number of carbonyl (C=O) groups excluding carboxylic acids is 1. The van der Waals surface area contributed by atoms with Crippen LogP contribution in [0.2, 0.25) is 0 Å². The van der Waals surface area contributed by atoms with Gasteiger partial charge in [-0.2, -0.15) is 0 Å². The predicted molar refractivity (Wildman–Crippen MR) is 42.2 cm³/mol. The van der Waals surface area contributed by atoms with Crippen LogP contribution in [0.5, 0.6) is 0 Å². The molecule has 62 valence electrons. The SMILES string of the molecule is CCOC(=O)C(C)=CC1CN1. The monoisotopic (exact) mass is 155 g/mol. The van der Waals surface area contributed by atoms with E-state index in [1.165, 1.54) is 0 Å². The van der Waals surface area contributed by atoms with E-state index in [0.717, 1.165) is 6.54 Å². The van der Waals surface area contributed by atoms with E-state index >= 15 is 0 Å². The zero-order valence-corrected chi connectivity index (χ0v) is 6.89. The molecule has 0 aromatic heterocycles. The summed E-state index contributed by atoms with van der Waals surface area (Å²) in [5.74, 6) is -0.207. The number of nitrogens with one attached hydrogen (secondary N) is 1. The summed E-state index contributed by atoms with van der Waals surface area (Å²) in [4.78, 5) is 11.0. The van der Waals surface area contributed by atoms with E-state index < -0.39 is 0 Å². The Labute approximate surface area is 66.4 Å². The van der Waals surface area contributed by atoms with Gasteiger partial charge in [0.25, 0.3) is 0 Å². The largest absolute Gasteiger partial charge is 0.463 e. The minimum atomic E-state index is -0.207. The van der Waals surface area contributed by atoms with Crippen LogP contribution in [0.15, 0.2) is 11.6 Å². The van der Waals surface area contributed by atoms with Crippen LogP contribution in [-0.2, 0) is 9.53 Å². The van der Waals surface area contributed by atoms with Crippen LogP contribution in [-0.4, -0.2) is 25.2 Å². The Balaban J connectivity index is 2.37. The molecule has 1 N–H and O–H groups in total. The Kier molecular flexibility index (Phi) is 2.65. The average molecular weight is 155 g/mol. The Morgan fingerprint density at radius 2 is 2.45 bits per heavy atom. The summed E-state index contributed by atoms with van der Waals surface area (Å²) >= 11 is 0. The second-order valence-electron chi connectivity index (χ2n) is 2.58. The van der Waals surface area contributed by atoms with Gasteiger partial charge in [0.1, 0.15) is 0 Å². The number of hydrogen-bond acceptors (Lipinski definition) is 3. The van der Waals surface area contributed by atoms with Crippen molar-refractivity contribution in [3.05, 3.63) is 11.6 Å². The lowest BCUT2D eigenvalue weighted by Crippen LogP contribution is -2.06. The van der Waals surface area contributed by atoms with Crippen molar-refractivity contribution in [3.63, 3.8) is 0 Å². The molecule has 0 aromatic rings. The first-order valence-electron chi connectivity index (χ1n) is 3.83. The molecule has 1 fully saturated rings. The lowest BCUT2D eigenvalue weighted by molar-refractivity contribution is -0.138. The third kappa shape index (κ3) is 2.72. The van der Waals surface area contributed by atoms with Gasteiger partial charge < -0.3 is 10.1 Å². The summed E-state index contributed by atoms with van der Waals surface area (Å²) < 4.78 is 4.80. The molecular formula is C8H13NO2. The van der Waals surface area contributed by atoms with Crippen LogP contribution >= 0.6 is 0 Å². The first-order chi connectivity index (χ1) is 5.24. The molecule has 1 rings (SSSR count). The fourth-order valence-corrected chi connectivity index (χ4v) is 0.801. The number of ether oxygens (including phenoxy) is 1. The molecule has 0 radical (unpaired) electrons. The molecule has 1 heterocycles. The van der Waals surface area contributed by atoms with Crippen LogP contribution in [0.4, 0.5) is 0 Å². The maximum Gasteiger partial charge on any atom is 0.333 e. The number of hydrogen-bond donors (Lipinski definition) is 1. The lowest BCUT2D eigenvalue weighted by atomic mass is 10.2. The first-order valence-corrected chi connectivity index (χ1v) is 3.83. The van der Waals surface area contributed by atoms with Crippen molar-refractivity contribution in [1.82, 2.24) is 5.32 Å². The van der Waals surface area contributed by atoms with E-state index in [9.17, 15) is 4.79 Å². The number of rotatable bonds is 3. The molecule has 0 bridgehead atoms. The molecule has 3 heteroatoms. The van der Waals surface area contributed by atoms with E-state index in [4.69, 9.17) is 4.74 Å². The average Bonchev–Trinajstić information content (AvgIpc) is 2.72. The van der Waals surface area contributed by atoms with Crippen LogP contribution in [0.25, 0.3) is 0 Å². The molecule has 11 heavy (non-hydrogen) atoms. The van der Waals surface area contributed by atoms with Crippen LogP contribution in [0, 0.1) is 0 Å². The molecule has 1 aliphatic rings. The Hall–Kier alpha value is -0.830. The molecule has 1 aliphatic heterocycles. The second kappa shape index (κ2) is 3.53. The molecule has 1 saturated heterocycles. The maximum absolute atomic E-state index is 11.0. The first kappa shape index (κ1) is 8.27. The normalized spacial score (nSPS) is 23.1. The topological polar surface area (TPSA) is 48.2 Å². The van der Waals surface area contributed by atoms with Gasteiger partial charge in [-0.25, -0.2) is 4.79 Å². The van der Waals surface area contributed by atoms with Gasteiger partial charge in [0, 0.05) is 18.2 Å². The van der Waals surface area contributed by atoms with Crippen LogP contribution < -0.4 is 5.32 Å². The third-order valence-corrected chi connectivity index (χ3v) is 1.49. The summed E-state index contributed by atoms with van der Waals surface area (Å²) in [6, 6.07) is 0.402. The molecule has 0 aliphatic carbocycles. The Morgan fingerprint density at radius 3 is 2.91 bits per heavy atom. The Bertz CT molecular complexity index is 183. The van der Waals surface area contributed by atoms with Gasteiger partial charge in [0.15, 0.2) is 0 Å². The smallest absolute Gasteiger partial charge is 0.333 e. The van der Waals surface area contributed by atoms with Gasteiger partial charge in [-0.05, 0) is 13.8 Å². The Morgan fingerprint density at radius 1 is 1.82 bits per heavy atom. The van der Waals surface area contributed by atoms with Crippen molar-refractivity contribution in [3.8, 4) is 0 Å². The second-order valence-corrected chi connectivity index (χ2v) is 2.58. The number of esters is 1. The highest BCUT2D eigenvalue weighted by molar-refractivity contribution is 5.87. The minimum Gasteiger partial charge on any atom is -0.463 e. The molecular weight excluding hydrogens is 142 g/mol. The van der Waals surface area contributed by atoms with Crippen molar-refractivity contribution >= 4 is 5.97 Å². The summed E-state index contributed by atoms with van der Waals surface area (Å²) in [5, 5.41) is 3.08. The van der Waals surface area contributed by atoms with Crippen molar-refractivity contribution in [2.75, 3.05) is 13.2 Å². The molecule has 3 nitrogen and oxygen atoms in total. The van der Waals surface area contributed by atoms with Crippen molar-refractivity contribution < 1.29 is 9.53 Å². The zero-order valence-electron chi connectivity index (χ0n) is 6.89. The van der Waals surface area contributed by atoms with Crippen molar-refractivity contribution in [2.45, 2.75) is 19.9 Å². The van der Waals surface area contributed by atoms with Crippen molar-refractivity contribution in [2.24, 2.45) is 0 Å². The minimum absolute atomic E-state index is 0.207. The molecule has 1 unspecified atom stereocenters. The third-order valence-electron chi connectivity index (χ3n) is 1.49. The zero-order chi connectivity index (χ0) is 8.27. The molecule has 0 saturated carbocycles. The van der Waals surface area contributed by atoms with E-state index in [2.05, 4.69) is 5.32 Å². The van der Waals surface area contributed by atoms with Crippen LogP contribution in [0.3, 0.4) is 0 Å². The van der Waals surface area contributed by atoms with E-state index in [1.807, 2.05) is 6.08 Å². The predicted octanol–water partition coefficient (Wildman–Crippen LogP) is 0.468. The highest BCUT2D eigenvalue weighted by Crippen LogP contribution is 2.04. The van der Waals surface area contributed by atoms with Gasteiger partial charge in [0.05, 0.1) is 6.61 Å². The quantitative estimate of drug-likeness (QED) is 0.366. The maximum atomic E-state index is 11.0. The standard InChI is InChI=1S/C8H13NO2/c1-3-11-8(10)6(2)4-7-5-9-7/h4,7,9H,3,5H2,1-2H3.